The van der Waals surface area contributed by atoms with Crippen LogP contribution in [0.4, 0.5) is 43.9 Å². The second kappa shape index (κ2) is 14.0. The Morgan fingerprint density at radius 2 is 1.43 bits per heavy atom. The molecule has 1 saturated heterocycles. The molecule has 0 unspecified atom stereocenters. The van der Waals surface area contributed by atoms with Gasteiger partial charge in [-0.1, -0.05) is 18.2 Å². The van der Waals surface area contributed by atoms with Crippen LogP contribution in [0, 0.1) is 35.1 Å². The van der Waals surface area contributed by atoms with Crippen molar-refractivity contribution in [1.29, 1.82) is 0 Å². The van der Waals surface area contributed by atoms with Crippen molar-refractivity contribution in [3.63, 3.8) is 0 Å². The van der Waals surface area contributed by atoms with Gasteiger partial charge in [0.25, 0.3) is 5.60 Å². The number of ether oxygens (including phenoxy) is 1. The molecule has 0 bridgehead atoms. The lowest BCUT2D eigenvalue weighted by molar-refractivity contribution is -0.393. The maximum atomic E-state index is 16.0. The van der Waals surface area contributed by atoms with Crippen molar-refractivity contribution >= 4 is 15.7 Å². The van der Waals surface area contributed by atoms with E-state index in [0.717, 1.165) is 30.3 Å². The van der Waals surface area contributed by atoms with Gasteiger partial charge in [-0.3, -0.25) is 4.79 Å². The molecule has 3 aromatic carbocycles. The lowest BCUT2D eigenvalue weighted by Crippen LogP contribution is -2.56. The van der Waals surface area contributed by atoms with Gasteiger partial charge in [-0.15, -0.1) is 0 Å². The van der Waals surface area contributed by atoms with E-state index in [0.29, 0.717) is 43.9 Å². The number of halogens is 10. The smallest absolute Gasteiger partial charge is 0.396 e. The van der Waals surface area contributed by atoms with Crippen molar-refractivity contribution in [2.45, 2.75) is 66.3 Å². The number of hydrogen-bond acceptors (Lipinski definition) is 5. The number of sulfone groups is 1. The summed E-state index contributed by atoms with van der Waals surface area (Å²) in [6.07, 6.45) is -11.6. The summed E-state index contributed by atoms with van der Waals surface area (Å²) in [5.41, 5.74) is -9.54. The number of aliphatic hydroxyl groups excluding tert-OH is 1. The maximum Gasteiger partial charge on any atom is 0.430 e. The fourth-order valence-corrected chi connectivity index (χ4v) is 8.98. The molecule has 2 fully saturated rings. The van der Waals surface area contributed by atoms with Gasteiger partial charge in [0.2, 0.25) is 5.91 Å². The minimum atomic E-state index is -6.47. The molecular formula is C34H31F10NO5S. The summed E-state index contributed by atoms with van der Waals surface area (Å²) >= 11 is 0. The minimum Gasteiger partial charge on any atom is -0.396 e. The number of rotatable bonds is 9. The molecule has 1 N–H and O–H groups in total. The number of alkyl halides is 6. The van der Waals surface area contributed by atoms with E-state index in [-0.39, 0.29) is 31.2 Å². The first-order valence-electron chi connectivity index (χ1n) is 15.7. The monoisotopic (exact) mass is 755 g/mol. The summed E-state index contributed by atoms with van der Waals surface area (Å²) in [6, 6.07) is 6.08. The van der Waals surface area contributed by atoms with Crippen LogP contribution in [0.1, 0.15) is 48.8 Å². The van der Waals surface area contributed by atoms with E-state index < -0.39 is 109 Å². The van der Waals surface area contributed by atoms with Crippen LogP contribution in [-0.2, 0) is 36.3 Å². The number of aliphatic hydroxyl groups is 1. The summed E-state index contributed by atoms with van der Waals surface area (Å²) in [4.78, 5) is 14.2. The topological polar surface area (TPSA) is 83.9 Å². The van der Waals surface area contributed by atoms with Crippen LogP contribution in [0.5, 0.6) is 0 Å². The lowest BCUT2D eigenvalue weighted by Gasteiger charge is -2.38. The van der Waals surface area contributed by atoms with E-state index in [1.54, 1.807) is 0 Å². The molecule has 1 saturated carbocycles. The van der Waals surface area contributed by atoms with Crippen molar-refractivity contribution in [1.82, 2.24) is 4.90 Å². The van der Waals surface area contributed by atoms with E-state index in [1.807, 2.05) is 0 Å². The van der Waals surface area contributed by atoms with E-state index >= 15 is 4.39 Å². The number of amides is 1. The van der Waals surface area contributed by atoms with Crippen molar-refractivity contribution in [2.75, 3.05) is 19.7 Å². The van der Waals surface area contributed by atoms with Crippen LogP contribution in [0.25, 0.3) is 0 Å². The van der Waals surface area contributed by atoms with Crippen molar-refractivity contribution in [3.8, 4) is 0 Å². The lowest BCUT2D eigenvalue weighted by atomic mass is 9.82. The van der Waals surface area contributed by atoms with Gasteiger partial charge >= 0.3 is 12.4 Å². The Morgan fingerprint density at radius 3 is 1.96 bits per heavy atom. The maximum absolute atomic E-state index is 16.0. The van der Waals surface area contributed by atoms with E-state index in [4.69, 9.17) is 0 Å². The Morgan fingerprint density at radius 1 is 0.843 bits per heavy atom. The zero-order chi connectivity index (χ0) is 37.6. The summed E-state index contributed by atoms with van der Waals surface area (Å²) in [6.45, 7) is -2.93. The van der Waals surface area contributed by atoms with Crippen LogP contribution in [-0.4, -0.2) is 56.4 Å². The number of benzene rings is 3. The van der Waals surface area contributed by atoms with Crippen LogP contribution in [0.2, 0.25) is 0 Å². The standard InChI is InChI=1S/C34H31F10NO5S/c35-23-9-11-24(12-10-23)51(48,49)31(14-15-45(19-31)30(47)21-6-4-20(17-46)5-7-21)22-8-13-26(29(38)16-22)32(33(39,40)41,34(42,43)44)50-18-25-27(36)2-1-3-28(25)37/h1-3,8-13,16,20-21,46H,4-7,14-15,17-19H2/t20?,21?,31-/m0/s1. The van der Waals surface area contributed by atoms with Crippen LogP contribution in [0.15, 0.2) is 65.6 Å². The molecule has 3 aromatic rings. The van der Waals surface area contributed by atoms with Crippen LogP contribution in [0.3, 0.4) is 0 Å². The Labute approximate surface area is 285 Å². The number of carbonyl (C=O) groups is 1. The molecule has 5 rings (SSSR count). The average Bonchev–Trinajstić information content (AvgIpc) is 3.53. The number of nitrogens with zero attached hydrogens (tertiary/aromatic N) is 1. The molecule has 17 heteroatoms. The molecule has 0 spiro atoms. The number of carbonyl (C=O) groups excluding carboxylic acids is 1. The number of likely N-dealkylation sites (tertiary alicyclic amines) is 1. The van der Waals surface area contributed by atoms with Crippen LogP contribution >= 0.6 is 0 Å². The number of hydrogen-bond donors (Lipinski definition) is 1. The predicted octanol–water partition coefficient (Wildman–Crippen LogP) is 7.48. The van der Waals surface area contributed by atoms with E-state index in [9.17, 15) is 57.8 Å². The molecule has 6 nitrogen and oxygen atoms in total. The molecule has 0 radical (unpaired) electrons. The molecule has 1 amide bonds. The molecule has 1 heterocycles. The molecule has 0 aromatic heterocycles. The Balaban J connectivity index is 1.61. The van der Waals surface area contributed by atoms with Crippen molar-refractivity contribution < 1.29 is 67.0 Å². The first kappa shape index (κ1) is 38.5. The van der Waals surface area contributed by atoms with E-state index in [2.05, 4.69) is 4.74 Å². The highest BCUT2D eigenvalue weighted by molar-refractivity contribution is 7.92. The second-order valence-electron chi connectivity index (χ2n) is 12.7. The van der Waals surface area contributed by atoms with Gasteiger partial charge < -0.3 is 14.7 Å². The zero-order valence-corrected chi connectivity index (χ0v) is 27.3. The van der Waals surface area contributed by atoms with E-state index in [1.165, 1.54) is 4.90 Å². The van der Waals surface area contributed by atoms with Gasteiger partial charge in [0.1, 0.15) is 28.0 Å². The third-order valence-corrected chi connectivity index (χ3v) is 12.3. The van der Waals surface area contributed by atoms with Gasteiger partial charge in [0, 0.05) is 36.7 Å². The minimum absolute atomic E-state index is 0.0257. The largest absolute Gasteiger partial charge is 0.430 e. The highest BCUT2D eigenvalue weighted by Gasteiger charge is 2.74. The molecular weight excluding hydrogens is 724 g/mol. The highest BCUT2D eigenvalue weighted by atomic mass is 32.2. The van der Waals surface area contributed by atoms with Crippen molar-refractivity contribution in [3.05, 3.63) is 101 Å². The predicted molar refractivity (Wildman–Crippen MR) is 160 cm³/mol. The highest BCUT2D eigenvalue weighted by Crippen LogP contribution is 2.55. The summed E-state index contributed by atoms with van der Waals surface area (Å²) in [7, 11) is -4.78. The third kappa shape index (κ3) is 6.83. The molecule has 1 aliphatic carbocycles. The van der Waals surface area contributed by atoms with Crippen molar-refractivity contribution in [2.24, 2.45) is 11.8 Å². The first-order chi connectivity index (χ1) is 23.8. The van der Waals surface area contributed by atoms with Gasteiger partial charge in [0.15, 0.2) is 9.84 Å². The quantitative estimate of drug-likeness (QED) is 0.181. The van der Waals surface area contributed by atoms with Gasteiger partial charge in [0.05, 0.1) is 11.5 Å². The fourth-order valence-electron chi connectivity index (χ4n) is 6.91. The summed E-state index contributed by atoms with van der Waals surface area (Å²) < 4.78 is 176. The Hall–Kier alpha value is -3.70. The average molecular weight is 756 g/mol. The first-order valence-corrected chi connectivity index (χ1v) is 17.2. The normalized spacial score (nSPS) is 22.0. The fraction of sp³-hybridized carbons (Fsp3) is 0.441. The third-order valence-electron chi connectivity index (χ3n) is 9.80. The van der Waals surface area contributed by atoms with Gasteiger partial charge in [-0.2, -0.15) is 26.3 Å². The van der Waals surface area contributed by atoms with Crippen LogP contribution < -0.4 is 0 Å². The molecule has 51 heavy (non-hydrogen) atoms. The molecule has 1 atom stereocenters. The summed E-state index contributed by atoms with van der Waals surface area (Å²) in [5, 5.41) is 9.44. The Kier molecular flexibility index (Phi) is 10.6. The zero-order valence-electron chi connectivity index (χ0n) is 26.5. The molecule has 1 aliphatic heterocycles. The molecule has 2 aliphatic rings. The van der Waals surface area contributed by atoms with Gasteiger partial charge in [-0.05, 0) is 86.1 Å². The summed E-state index contributed by atoms with van der Waals surface area (Å²) in [5.74, 6) is -7.16. The van der Waals surface area contributed by atoms with Gasteiger partial charge in [-0.25, -0.2) is 26.0 Å². The SMILES string of the molecule is O=C(C1CCC(CO)CC1)N1CC[C@](c2ccc(C(OCc3c(F)cccc3F)(C(F)(F)F)C(F)(F)F)c(F)c2)(S(=O)(=O)c2ccc(F)cc2)C1. The molecule has 278 valence electrons. The second-order valence-corrected chi connectivity index (χ2v) is 15.0. The Bertz CT molecular complexity index is 1820.